The van der Waals surface area contributed by atoms with Crippen LogP contribution in [-0.2, 0) is 18.3 Å². The predicted molar refractivity (Wildman–Crippen MR) is 140 cm³/mol. The second-order valence-electron chi connectivity index (χ2n) is 11.0. The highest BCUT2D eigenvalue weighted by atomic mass is 16.2. The number of nitrogens with two attached hydrogens (primary N) is 1. The lowest BCUT2D eigenvalue weighted by Gasteiger charge is -2.40. The van der Waals surface area contributed by atoms with Gasteiger partial charge < -0.3 is 15.5 Å². The zero-order chi connectivity index (χ0) is 26.4. The van der Waals surface area contributed by atoms with Gasteiger partial charge in [-0.25, -0.2) is 0 Å². The summed E-state index contributed by atoms with van der Waals surface area (Å²) >= 11 is 0. The van der Waals surface area contributed by atoms with E-state index >= 15 is 0 Å². The summed E-state index contributed by atoms with van der Waals surface area (Å²) < 4.78 is 0. The first-order valence-electron chi connectivity index (χ1n) is 12.9. The van der Waals surface area contributed by atoms with Crippen molar-refractivity contribution in [2.24, 2.45) is 5.73 Å². The number of carbonyl (C=O) groups excluding carboxylic acids is 2. The molecule has 3 aromatic rings. The smallest absolute Gasteiger partial charge is 0.253 e. The van der Waals surface area contributed by atoms with Gasteiger partial charge in [0, 0.05) is 44.9 Å². The number of aromatic amines is 1. The van der Waals surface area contributed by atoms with E-state index in [1.165, 1.54) is 0 Å². The Morgan fingerprint density at radius 1 is 0.892 bits per heavy atom. The lowest BCUT2D eigenvalue weighted by molar-refractivity contribution is 0.0820. The number of amides is 2. The van der Waals surface area contributed by atoms with Gasteiger partial charge in [0.25, 0.3) is 11.8 Å². The van der Waals surface area contributed by atoms with Crippen molar-refractivity contribution in [3.63, 3.8) is 0 Å². The van der Waals surface area contributed by atoms with Crippen molar-refractivity contribution in [2.75, 3.05) is 28.2 Å². The van der Waals surface area contributed by atoms with Crippen molar-refractivity contribution in [2.45, 2.75) is 55.9 Å². The minimum Gasteiger partial charge on any atom is -0.345 e. The first-order chi connectivity index (χ1) is 17.6. The number of hydrogen-bond acceptors (Lipinski definition) is 6. The fraction of sp³-hybridized carbons (Fsp3) is 0.464. The number of rotatable bonds is 5. The maximum Gasteiger partial charge on any atom is 0.253 e. The van der Waals surface area contributed by atoms with Crippen LogP contribution in [0.25, 0.3) is 0 Å². The summed E-state index contributed by atoms with van der Waals surface area (Å²) in [6, 6.07) is 11.9. The van der Waals surface area contributed by atoms with Gasteiger partial charge in [0.15, 0.2) is 5.82 Å². The van der Waals surface area contributed by atoms with E-state index in [4.69, 9.17) is 5.73 Å². The number of nitrogens with one attached hydrogen (secondary N) is 1. The number of aryl methyl sites for hydroxylation is 2. The number of fused-ring (bicyclic) bond motifs is 2. The van der Waals surface area contributed by atoms with Crippen molar-refractivity contribution < 1.29 is 9.59 Å². The van der Waals surface area contributed by atoms with Gasteiger partial charge in [0.05, 0.1) is 5.41 Å². The zero-order valence-electron chi connectivity index (χ0n) is 22.0. The molecular weight excluding hydrogens is 466 g/mol. The first-order valence-corrected chi connectivity index (χ1v) is 12.9. The second kappa shape index (κ2) is 9.37. The second-order valence-corrected chi connectivity index (χ2v) is 11.0. The lowest BCUT2D eigenvalue weighted by Crippen LogP contribution is -2.46. The van der Waals surface area contributed by atoms with Gasteiger partial charge in [-0.05, 0) is 78.6 Å². The molecule has 3 N–H and O–H groups in total. The third kappa shape index (κ3) is 4.31. The van der Waals surface area contributed by atoms with E-state index in [0.717, 1.165) is 47.9 Å². The van der Waals surface area contributed by atoms with Gasteiger partial charge in [0.2, 0.25) is 0 Å². The van der Waals surface area contributed by atoms with E-state index in [-0.39, 0.29) is 11.8 Å². The molecule has 1 aromatic heterocycles. The standard InChI is InChI=1S/C28H35N7O2/c1-34(2)24(36)20-9-11-22-18(15-20)7-8-19-16-21(25(37)35(3)4)10-12-23(19)28(22,26-30-32-33-31-26)17-27(29)13-5-6-14-27/h9-12,15-16H,5-8,13-14,17,29H2,1-4H3,(H,30,31,32,33). The summed E-state index contributed by atoms with van der Waals surface area (Å²) in [7, 11) is 7.04. The van der Waals surface area contributed by atoms with E-state index in [0.29, 0.717) is 36.2 Å². The third-order valence-electron chi connectivity index (χ3n) is 8.04. The average Bonchev–Trinajstić information content (AvgIpc) is 3.55. The first kappa shape index (κ1) is 25.1. The Kier molecular flexibility index (Phi) is 6.35. The topological polar surface area (TPSA) is 121 Å². The van der Waals surface area contributed by atoms with E-state index in [1.807, 2.05) is 24.3 Å². The van der Waals surface area contributed by atoms with Crippen LogP contribution in [-0.4, -0.2) is 76.0 Å². The normalized spacial score (nSPS) is 17.4. The number of benzene rings is 2. The fourth-order valence-electron chi connectivity index (χ4n) is 6.27. The molecule has 2 aliphatic carbocycles. The molecule has 0 radical (unpaired) electrons. The Bertz CT molecular complexity index is 1250. The van der Waals surface area contributed by atoms with Crippen LogP contribution in [0.1, 0.15) is 80.9 Å². The van der Waals surface area contributed by atoms with Gasteiger partial charge in [-0.3, -0.25) is 9.59 Å². The van der Waals surface area contributed by atoms with Gasteiger partial charge in [-0.1, -0.05) is 30.2 Å². The van der Waals surface area contributed by atoms with Crippen LogP contribution in [0, 0.1) is 0 Å². The molecule has 9 heteroatoms. The third-order valence-corrected chi connectivity index (χ3v) is 8.04. The van der Waals surface area contributed by atoms with Crippen LogP contribution in [0.2, 0.25) is 0 Å². The molecule has 0 saturated heterocycles. The minimum absolute atomic E-state index is 0.0420. The van der Waals surface area contributed by atoms with E-state index in [9.17, 15) is 9.59 Å². The monoisotopic (exact) mass is 501 g/mol. The minimum atomic E-state index is -0.771. The van der Waals surface area contributed by atoms with Crippen LogP contribution >= 0.6 is 0 Å². The molecule has 2 aliphatic rings. The highest BCUT2D eigenvalue weighted by Gasteiger charge is 2.49. The summed E-state index contributed by atoms with van der Waals surface area (Å²) in [5, 5.41) is 15.7. The summed E-state index contributed by atoms with van der Waals surface area (Å²) in [4.78, 5) is 28.9. The molecule has 194 valence electrons. The largest absolute Gasteiger partial charge is 0.345 e. The van der Waals surface area contributed by atoms with Gasteiger partial charge in [-0.2, -0.15) is 5.21 Å². The van der Waals surface area contributed by atoms with Crippen molar-refractivity contribution in [3.8, 4) is 0 Å². The van der Waals surface area contributed by atoms with E-state index < -0.39 is 11.0 Å². The van der Waals surface area contributed by atoms with E-state index in [1.54, 1.807) is 38.0 Å². The Hall–Kier alpha value is -3.59. The molecule has 1 fully saturated rings. The Morgan fingerprint density at radius 2 is 1.41 bits per heavy atom. The summed E-state index contributed by atoms with van der Waals surface area (Å²) in [5.41, 5.74) is 11.4. The Balaban J connectivity index is 1.78. The molecule has 9 nitrogen and oxygen atoms in total. The summed E-state index contributed by atoms with van der Waals surface area (Å²) in [6.07, 6.45) is 6.07. The molecule has 0 unspecified atom stereocenters. The zero-order valence-corrected chi connectivity index (χ0v) is 22.0. The number of carbonyl (C=O) groups is 2. The van der Waals surface area contributed by atoms with Crippen LogP contribution in [0.4, 0.5) is 0 Å². The quantitative estimate of drug-likeness (QED) is 0.555. The number of nitrogens with zero attached hydrogens (tertiary/aromatic N) is 5. The molecule has 5 rings (SSSR count). The number of aromatic nitrogens is 4. The molecular formula is C28H35N7O2. The predicted octanol–water partition coefficient (Wildman–Crippen LogP) is 2.70. The maximum atomic E-state index is 12.9. The van der Waals surface area contributed by atoms with Gasteiger partial charge in [0.1, 0.15) is 0 Å². The number of H-pyrrole nitrogens is 1. The van der Waals surface area contributed by atoms with Gasteiger partial charge >= 0.3 is 0 Å². The molecule has 2 amide bonds. The van der Waals surface area contributed by atoms with Gasteiger partial charge in [-0.15, -0.1) is 10.2 Å². The number of hydrogen-bond donors (Lipinski definition) is 2. The number of tetrazole rings is 1. The molecule has 0 spiro atoms. The molecule has 1 saturated carbocycles. The molecule has 0 atom stereocenters. The van der Waals surface area contributed by atoms with Crippen molar-refractivity contribution >= 4 is 11.8 Å². The SMILES string of the molecule is CN(C)C(=O)c1ccc2c(c1)CCc1cc(C(=O)N(C)C)ccc1C2(CC1(N)CCCC1)c1nn[nH]n1. The molecule has 0 aliphatic heterocycles. The fourth-order valence-corrected chi connectivity index (χ4v) is 6.27. The van der Waals surface area contributed by atoms with E-state index in [2.05, 4.69) is 32.8 Å². The molecule has 1 heterocycles. The van der Waals surface area contributed by atoms with Crippen LogP contribution in [0.15, 0.2) is 36.4 Å². The van der Waals surface area contributed by atoms with Crippen LogP contribution in [0.3, 0.4) is 0 Å². The maximum absolute atomic E-state index is 12.9. The van der Waals surface area contributed by atoms with Crippen LogP contribution < -0.4 is 5.73 Å². The highest BCUT2D eigenvalue weighted by Crippen LogP contribution is 2.50. The van der Waals surface area contributed by atoms with Crippen molar-refractivity contribution in [1.29, 1.82) is 0 Å². The van der Waals surface area contributed by atoms with Crippen molar-refractivity contribution in [1.82, 2.24) is 30.4 Å². The molecule has 37 heavy (non-hydrogen) atoms. The average molecular weight is 502 g/mol. The highest BCUT2D eigenvalue weighted by molar-refractivity contribution is 5.95. The Labute approximate surface area is 217 Å². The summed E-state index contributed by atoms with van der Waals surface area (Å²) in [6.45, 7) is 0. The molecule has 2 aromatic carbocycles. The summed E-state index contributed by atoms with van der Waals surface area (Å²) in [5.74, 6) is 0.478. The van der Waals surface area contributed by atoms with Crippen LogP contribution in [0.5, 0.6) is 0 Å². The lowest BCUT2D eigenvalue weighted by atomic mass is 9.64. The Morgan fingerprint density at radius 3 is 1.84 bits per heavy atom. The van der Waals surface area contributed by atoms with Crippen molar-refractivity contribution in [3.05, 3.63) is 75.6 Å². The molecule has 0 bridgehead atoms.